The van der Waals surface area contributed by atoms with Crippen LogP contribution in [-0.2, 0) is 24.2 Å². The van der Waals surface area contributed by atoms with Crippen LogP contribution in [0.25, 0.3) is 0 Å². The quantitative estimate of drug-likeness (QED) is 0.742. The monoisotopic (exact) mass is 373 g/mol. The number of aromatic nitrogens is 3. The second-order valence-corrected chi connectivity index (χ2v) is 6.94. The molecular weight excluding hydrogens is 350 g/mol. The molecule has 3 aromatic rings. The van der Waals surface area contributed by atoms with Crippen LogP contribution in [0.5, 0.6) is 0 Å². The lowest BCUT2D eigenvalue weighted by Crippen LogP contribution is -2.37. The highest BCUT2D eigenvalue weighted by Crippen LogP contribution is 2.26. The number of carbonyl (C=O) groups excluding carboxylic acids is 1. The highest BCUT2D eigenvalue weighted by molar-refractivity contribution is 5.77. The molecule has 0 saturated carbocycles. The number of fused-ring (bicyclic) bond motifs is 1. The summed E-state index contributed by atoms with van der Waals surface area (Å²) in [6, 6.07) is 15.8. The van der Waals surface area contributed by atoms with Gasteiger partial charge in [-0.1, -0.05) is 36.4 Å². The van der Waals surface area contributed by atoms with Gasteiger partial charge in [0.05, 0.1) is 12.2 Å². The predicted molar refractivity (Wildman–Crippen MR) is 108 cm³/mol. The van der Waals surface area contributed by atoms with E-state index in [1.165, 1.54) is 5.56 Å². The molecule has 0 spiro atoms. The van der Waals surface area contributed by atoms with Gasteiger partial charge in [0.2, 0.25) is 5.91 Å². The zero-order chi connectivity index (χ0) is 19.3. The average Bonchev–Trinajstić information content (AvgIpc) is 2.73. The lowest BCUT2D eigenvalue weighted by atomic mass is 10.0. The Bertz CT molecular complexity index is 959. The summed E-state index contributed by atoms with van der Waals surface area (Å²) < 4.78 is 0. The number of anilines is 2. The maximum absolute atomic E-state index is 12.7. The molecule has 1 aliphatic heterocycles. The third kappa shape index (κ3) is 4.17. The zero-order valence-corrected chi connectivity index (χ0v) is 15.9. The summed E-state index contributed by atoms with van der Waals surface area (Å²) in [6.45, 7) is 3.09. The molecule has 1 aromatic carbocycles. The molecule has 3 heterocycles. The van der Waals surface area contributed by atoms with Gasteiger partial charge in [0.1, 0.15) is 17.5 Å². The number of nitrogens with zero attached hydrogens (tertiary/aromatic N) is 4. The van der Waals surface area contributed by atoms with Gasteiger partial charge in [-0.25, -0.2) is 15.0 Å². The van der Waals surface area contributed by atoms with Crippen molar-refractivity contribution in [3.05, 3.63) is 77.4 Å². The number of carbonyl (C=O) groups is 1. The first kappa shape index (κ1) is 18.1. The van der Waals surface area contributed by atoms with Gasteiger partial charge in [-0.05, 0) is 37.5 Å². The van der Waals surface area contributed by atoms with Crippen molar-refractivity contribution >= 4 is 17.5 Å². The molecule has 0 saturated heterocycles. The first-order valence-electron chi connectivity index (χ1n) is 9.55. The van der Waals surface area contributed by atoms with E-state index in [0.717, 1.165) is 35.7 Å². The van der Waals surface area contributed by atoms with Gasteiger partial charge in [0.15, 0.2) is 0 Å². The molecule has 28 heavy (non-hydrogen) atoms. The topological polar surface area (TPSA) is 71.0 Å². The summed E-state index contributed by atoms with van der Waals surface area (Å²) in [5.74, 6) is 2.41. The molecule has 1 aliphatic rings. The average molecular weight is 373 g/mol. The molecule has 2 aromatic heterocycles. The Morgan fingerprint density at radius 3 is 2.71 bits per heavy atom. The molecule has 0 atom stereocenters. The van der Waals surface area contributed by atoms with Gasteiger partial charge < -0.3 is 10.2 Å². The van der Waals surface area contributed by atoms with E-state index in [0.29, 0.717) is 25.3 Å². The number of pyridine rings is 1. The van der Waals surface area contributed by atoms with Crippen LogP contribution >= 0.6 is 0 Å². The van der Waals surface area contributed by atoms with E-state index < -0.39 is 0 Å². The van der Waals surface area contributed by atoms with Crippen molar-refractivity contribution in [2.75, 3.05) is 11.9 Å². The molecule has 0 aliphatic carbocycles. The van der Waals surface area contributed by atoms with Gasteiger partial charge in [0, 0.05) is 24.7 Å². The van der Waals surface area contributed by atoms with Gasteiger partial charge in [0.25, 0.3) is 0 Å². The number of nitrogens with one attached hydrogen (secondary N) is 1. The van der Waals surface area contributed by atoms with Gasteiger partial charge in [-0.15, -0.1) is 0 Å². The number of hydrogen-bond acceptors (Lipinski definition) is 5. The van der Waals surface area contributed by atoms with Crippen LogP contribution in [0.3, 0.4) is 0 Å². The van der Waals surface area contributed by atoms with Crippen LogP contribution in [0.4, 0.5) is 11.6 Å². The zero-order valence-electron chi connectivity index (χ0n) is 15.9. The first-order valence-corrected chi connectivity index (χ1v) is 9.55. The largest absolute Gasteiger partial charge is 0.336 e. The summed E-state index contributed by atoms with van der Waals surface area (Å²) in [4.78, 5) is 28.1. The number of aryl methyl sites for hydroxylation is 2. The lowest BCUT2D eigenvalue weighted by molar-refractivity contribution is -0.132. The fraction of sp³-hybridized carbons (Fsp3) is 0.273. The molecule has 0 unspecified atom stereocenters. The molecule has 1 N–H and O–H groups in total. The van der Waals surface area contributed by atoms with Crippen molar-refractivity contribution < 1.29 is 4.79 Å². The minimum absolute atomic E-state index is 0.171. The molecule has 6 heteroatoms. The van der Waals surface area contributed by atoms with Crippen molar-refractivity contribution in [1.82, 2.24) is 19.9 Å². The lowest BCUT2D eigenvalue weighted by Gasteiger charge is -2.29. The van der Waals surface area contributed by atoms with Crippen LogP contribution in [0.2, 0.25) is 0 Å². The van der Waals surface area contributed by atoms with E-state index in [1.54, 1.807) is 6.20 Å². The summed E-state index contributed by atoms with van der Waals surface area (Å²) in [6.07, 6.45) is 3.76. The first-order chi connectivity index (χ1) is 13.7. The molecule has 142 valence electrons. The third-order valence-electron chi connectivity index (χ3n) is 4.91. The van der Waals surface area contributed by atoms with E-state index in [1.807, 2.05) is 48.2 Å². The summed E-state index contributed by atoms with van der Waals surface area (Å²) in [5.41, 5.74) is 3.18. The molecule has 0 bridgehead atoms. The van der Waals surface area contributed by atoms with Gasteiger partial charge >= 0.3 is 0 Å². The minimum Gasteiger partial charge on any atom is -0.336 e. The maximum atomic E-state index is 12.7. The van der Waals surface area contributed by atoms with Crippen molar-refractivity contribution in [1.29, 1.82) is 0 Å². The fourth-order valence-corrected chi connectivity index (χ4v) is 3.48. The maximum Gasteiger partial charge on any atom is 0.223 e. The van der Waals surface area contributed by atoms with Crippen LogP contribution in [0.15, 0.2) is 54.7 Å². The van der Waals surface area contributed by atoms with Crippen molar-refractivity contribution in [3.8, 4) is 0 Å². The molecule has 1 amide bonds. The van der Waals surface area contributed by atoms with E-state index in [9.17, 15) is 4.79 Å². The molecule has 6 nitrogen and oxygen atoms in total. The van der Waals surface area contributed by atoms with Crippen LogP contribution in [0, 0.1) is 6.92 Å². The Kier molecular flexibility index (Phi) is 5.28. The third-order valence-corrected chi connectivity index (χ3v) is 4.91. The molecular formula is C22H23N5O. The van der Waals surface area contributed by atoms with Crippen molar-refractivity contribution in [3.63, 3.8) is 0 Å². The normalized spacial score (nSPS) is 13.1. The second kappa shape index (κ2) is 8.17. The number of hydrogen-bond donors (Lipinski definition) is 1. The Morgan fingerprint density at radius 1 is 1.11 bits per heavy atom. The Labute approximate surface area is 164 Å². The molecule has 0 radical (unpaired) electrons. The van der Waals surface area contributed by atoms with Crippen LogP contribution in [-0.4, -0.2) is 32.3 Å². The second-order valence-electron chi connectivity index (χ2n) is 6.94. The number of rotatable bonds is 5. The van der Waals surface area contributed by atoms with Crippen LogP contribution < -0.4 is 5.32 Å². The van der Waals surface area contributed by atoms with E-state index in [4.69, 9.17) is 0 Å². The summed E-state index contributed by atoms with van der Waals surface area (Å²) in [5, 5.41) is 3.30. The van der Waals surface area contributed by atoms with Crippen molar-refractivity contribution in [2.24, 2.45) is 0 Å². The SMILES string of the molecule is Cc1nc2c(c(Nc3ccccn3)n1)CCN(C(=O)CCc1ccccc1)C2. The van der Waals surface area contributed by atoms with Gasteiger partial charge in [-0.2, -0.15) is 0 Å². The minimum atomic E-state index is 0.171. The number of benzene rings is 1. The summed E-state index contributed by atoms with van der Waals surface area (Å²) in [7, 11) is 0. The van der Waals surface area contributed by atoms with Crippen molar-refractivity contribution in [2.45, 2.75) is 32.7 Å². The molecule has 4 rings (SSSR count). The Hall–Kier alpha value is -3.28. The summed E-state index contributed by atoms with van der Waals surface area (Å²) >= 11 is 0. The number of amides is 1. The molecule has 0 fully saturated rings. The smallest absolute Gasteiger partial charge is 0.223 e. The standard InChI is InChI=1S/C22H23N5O/c1-16-24-19-15-27(21(28)11-10-17-7-3-2-4-8-17)14-12-18(19)22(25-16)26-20-9-5-6-13-23-20/h2-9,13H,10-12,14-15H2,1H3,(H,23,24,25,26). The Balaban J connectivity index is 1.47. The Morgan fingerprint density at radius 2 is 1.93 bits per heavy atom. The van der Waals surface area contributed by atoms with Crippen LogP contribution in [0.1, 0.15) is 29.1 Å². The van der Waals surface area contributed by atoms with E-state index in [2.05, 4.69) is 32.4 Å². The van der Waals surface area contributed by atoms with E-state index in [-0.39, 0.29) is 5.91 Å². The highest BCUT2D eigenvalue weighted by atomic mass is 16.2. The fourth-order valence-electron chi connectivity index (χ4n) is 3.48. The predicted octanol–water partition coefficient (Wildman–Crippen LogP) is 3.44. The highest BCUT2D eigenvalue weighted by Gasteiger charge is 2.24. The van der Waals surface area contributed by atoms with Gasteiger partial charge in [-0.3, -0.25) is 4.79 Å². The van der Waals surface area contributed by atoms with E-state index >= 15 is 0 Å².